The van der Waals surface area contributed by atoms with Gasteiger partial charge in [-0.1, -0.05) is 38.8 Å². The van der Waals surface area contributed by atoms with Crippen molar-refractivity contribution in [2.75, 3.05) is 0 Å². The fourth-order valence-electron chi connectivity index (χ4n) is 1.61. The van der Waals surface area contributed by atoms with E-state index in [-0.39, 0.29) is 5.82 Å². The standard InChI is InChI=1S/C13H19F/c1-3-5-6-7-11-8-9-12(4-2)13(14)10-11/h8-10H,3-7H2,1-2H3. The van der Waals surface area contributed by atoms with Crippen LogP contribution in [0.25, 0.3) is 0 Å². The molecule has 0 aromatic heterocycles. The Morgan fingerprint density at radius 1 is 1.14 bits per heavy atom. The highest BCUT2D eigenvalue weighted by Crippen LogP contribution is 2.13. The van der Waals surface area contributed by atoms with E-state index >= 15 is 0 Å². The smallest absolute Gasteiger partial charge is 0.126 e. The highest BCUT2D eigenvalue weighted by molar-refractivity contribution is 5.24. The predicted octanol–water partition coefficient (Wildman–Crippen LogP) is 4.12. The Labute approximate surface area is 86.2 Å². The molecular weight excluding hydrogens is 175 g/mol. The summed E-state index contributed by atoms with van der Waals surface area (Å²) in [7, 11) is 0. The zero-order valence-corrected chi connectivity index (χ0v) is 9.15. The number of hydrogen-bond donors (Lipinski definition) is 0. The summed E-state index contributed by atoms with van der Waals surface area (Å²) in [6.45, 7) is 4.16. The van der Waals surface area contributed by atoms with Crippen LogP contribution in [0.5, 0.6) is 0 Å². The first-order valence-corrected chi connectivity index (χ1v) is 5.55. The average molecular weight is 194 g/mol. The van der Waals surface area contributed by atoms with Crippen molar-refractivity contribution in [1.82, 2.24) is 0 Å². The molecule has 0 unspecified atom stereocenters. The molecule has 0 saturated heterocycles. The van der Waals surface area contributed by atoms with Crippen molar-refractivity contribution in [2.24, 2.45) is 0 Å². The number of rotatable bonds is 5. The third-order valence-electron chi connectivity index (χ3n) is 2.57. The van der Waals surface area contributed by atoms with Gasteiger partial charge < -0.3 is 0 Å². The third kappa shape index (κ3) is 3.13. The van der Waals surface area contributed by atoms with E-state index in [9.17, 15) is 4.39 Å². The first kappa shape index (κ1) is 11.2. The highest BCUT2D eigenvalue weighted by atomic mass is 19.1. The molecule has 0 heterocycles. The summed E-state index contributed by atoms with van der Waals surface area (Å²) in [5.74, 6) is -0.0403. The number of hydrogen-bond acceptors (Lipinski definition) is 0. The Kier molecular flexibility index (Phi) is 4.64. The van der Waals surface area contributed by atoms with E-state index in [4.69, 9.17) is 0 Å². The lowest BCUT2D eigenvalue weighted by atomic mass is 10.0. The molecule has 0 nitrogen and oxygen atoms in total. The Morgan fingerprint density at radius 2 is 1.93 bits per heavy atom. The van der Waals surface area contributed by atoms with Crippen LogP contribution in [0, 0.1) is 5.82 Å². The van der Waals surface area contributed by atoms with Crippen LogP contribution in [0.2, 0.25) is 0 Å². The number of aryl methyl sites for hydroxylation is 2. The topological polar surface area (TPSA) is 0 Å². The van der Waals surface area contributed by atoms with Crippen LogP contribution in [0.1, 0.15) is 44.2 Å². The quantitative estimate of drug-likeness (QED) is 0.618. The summed E-state index contributed by atoms with van der Waals surface area (Å²) in [5.41, 5.74) is 1.96. The molecule has 1 heteroatoms. The monoisotopic (exact) mass is 194 g/mol. The molecule has 0 atom stereocenters. The minimum Gasteiger partial charge on any atom is -0.207 e. The molecule has 0 spiro atoms. The third-order valence-corrected chi connectivity index (χ3v) is 2.57. The molecule has 0 saturated carbocycles. The van der Waals surface area contributed by atoms with Gasteiger partial charge >= 0.3 is 0 Å². The van der Waals surface area contributed by atoms with E-state index in [2.05, 4.69) is 13.0 Å². The summed E-state index contributed by atoms with van der Waals surface area (Å²) in [6.07, 6.45) is 5.41. The largest absolute Gasteiger partial charge is 0.207 e. The van der Waals surface area contributed by atoms with Crippen molar-refractivity contribution in [3.05, 3.63) is 35.1 Å². The van der Waals surface area contributed by atoms with Gasteiger partial charge in [-0.2, -0.15) is 0 Å². The molecule has 1 rings (SSSR count). The van der Waals surface area contributed by atoms with Crippen molar-refractivity contribution in [2.45, 2.75) is 46.0 Å². The Hall–Kier alpha value is -0.850. The van der Waals surface area contributed by atoms with E-state index < -0.39 is 0 Å². The van der Waals surface area contributed by atoms with Gasteiger partial charge in [0, 0.05) is 0 Å². The second-order valence-electron chi connectivity index (χ2n) is 3.74. The van der Waals surface area contributed by atoms with Crippen LogP contribution in [-0.2, 0) is 12.8 Å². The number of benzene rings is 1. The van der Waals surface area contributed by atoms with Gasteiger partial charge in [-0.15, -0.1) is 0 Å². The molecule has 78 valence electrons. The van der Waals surface area contributed by atoms with Crippen LogP contribution in [-0.4, -0.2) is 0 Å². The Bertz CT molecular complexity index is 279. The van der Waals surface area contributed by atoms with Gasteiger partial charge in [0.05, 0.1) is 0 Å². The SMILES string of the molecule is CCCCCc1ccc(CC)c(F)c1. The molecular formula is C13H19F. The van der Waals surface area contributed by atoms with Gasteiger partial charge in [-0.3, -0.25) is 0 Å². The van der Waals surface area contributed by atoms with Crippen molar-refractivity contribution >= 4 is 0 Å². The van der Waals surface area contributed by atoms with E-state index in [1.165, 1.54) is 19.3 Å². The maximum atomic E-state index is 13.4. The Morgan fingerprint density at radius 3 is 2.50 bits per heavy atom. The van der Waals surface area contributed by atoms with Crippen molar-refractivity contribution in [3.8, 4) is 0 Å². The van der Waals surface area contributed by atoms with Gasteiger partial charge in [0.1, 0.15) is 5.82 Å². The molecule has 1 aromatic carbocycles. The summed E-state index contributed by atoms with van der Waals surface area (Å²) >= 11 is 0. The lowest BCUT2D eigenvalue weighted by Crippen LogP contribution is -1.91. The molecule has 0 aliphatic carbocycles. The van der Waals surface area contributed by atoms with E-state index in [1.807, 2.05) is 13.0 Å². The maximum Gasteiger partial charge on any atom is 0.126 e. The minimum absolute atomic E-state index is 0.0403. The molecule has 0 aliphatic heterocycles. The van der Waals surface area contributed by atoms with Gasteiger partial charge in [-0.25, -0.2) is 4.39 Å². The van der Waals surface area contributed by atoms with E-state index in [1.54, 1.807) is 6.07 Å². The number of unbranched alkanes of at least 4 members (excludes halogenated alkanes) is 2. The van der Waals surface area contributed by atoms with Crippen LogP contribution < -0.4 is 0 Å². The van der Waals surface area contributed by atoms with Crippen LogP contribution >= 0.6 is 0 Å². The fourth-order valence-corrected chi connectivity index (χ4v) is 1.61. The van der Waals surface area contributed by atoms with E-state index in [0.29, 0.717) is 0 Å². The van der Waals surface area contributed by atoms with E-state index in [0.717, 1.165) is 24.0 Å². The predicted molar refractivity (Wildman–Crippen MR) is 59.0 cm³/mol. The van der Waals surface area contributed by atoms with Crippen LogP contribution in [0.4, 0.5) is 4.39 Å². The van der Waals surface area contributed by atoms with Crippen LogP contribution in [0.15, 0.2) is 18.2 Å². The molecule has 1 aromatic rings. The van der Waals surface area contributed by atoms with Crippen molar-refractivity contribution in [1.29, 1.82) is 0 Å². The van der Waals surface area contributed by atoms with Gasteiger partial charge in [0.2, 0.25) is 0 Å². The highest BCUT2D eigenvalue weighted by Gasteiger charge is 2.01. The lowest BCUT2D eigenvalue weighted by Gasteiger charge is -2.04. The van der Waals surface area contributed by atoms with Crippen molar-refractivity contribution in [3.63, 3.8) is 0 Å². The second kappa shape index (κ2) is 5.79. The molecule has 0 N–H and O–H groups in total. The zero-order valence-electron chi connectivity index (χ0n) is 9.15. The Balaban J connectivity index is 2.57. The van der Waals surface area contributed by atoms with Gasteiger partial charge in [0.25, 0.3) is 0 Å². The normalized spacial score (nSPS) is 10.5. The summed E-state index contributed by atoms with van der Waals surface area (Å²) in [4.78, 5) is 0. The lowest BCUT2D eigenvalue weighted by molar-refractivity contribution is 0.608. The minimum atomic E-state index is -0.0403. The molecule has 0 aliphatic rings. The molecule has 0 radical (unpaired) electrons. The van der Waals surface area contributed by atoms with Crippen LogP contribution in [0.3, 0.4) is 0 Å². The van der Waals surface area contributed by atoms with Crippen molar-refractivity contribution < 1.29 is 4.39 Å². The zero-order chi connectivity index (χ0) is 10.4. The summed E-state index contributed by atoms with van der Waals surface area (Å²) in [5, 5.41) is 0. The average Bonchev–Trinajstić information content (AvgIpc) is 2.18. The number of halogens is 1. The fraction of sp³-hybridized carbons (Fsp3) is 0.538. The summed E-state index contributed by atoms with van der Waals surface area (Å²) in [6, 6.07) is 5.66. The first-order valence-electron chi connectivity index (χ1n) is 5.55. The maximum absolute atomic E-state index is 13.4. The summed E-state index contributed by atoms with van der Waals surface area (Å²) < 4.78 is 13.4. The molecule has 0 amide bonds. The van der Waals surface area contributed by atoms with Gasteiger partial charge in [-0.05, 0) is 36.5 Å². The van der Waals surface area contributed by atoms with Gasteiger partial charge in [0.15, 0.2) is 0 Å². The molecule has 14 heavy (non-hydrogen) atoms. The molecule has 0 bridgehead atoms. The molecule has 0 fully saturated rings. The second-order valence-corrected chi connectivity index (χ2v) is 3.74. The first-order chi connectivity index (χ1) is 6.77.